The molecule has 0 bridgehead atoms. The number of allylic oxidation sites excluding steroid dienone is 1. The van der Waals surface area contributed by atoms with Gasteiger partial charge in [-0.05, 0) is 17.5 Å². The molecule has 1 aliphatic rings. The molecule has 1 heteroatoms. The number of aryl methyl sites for hydroxylation is 1. The van der Waals surface area contributed by atoms with Crippen LogP contribution in [0.2, 0.25) is 0 Å². The zero-order valence-corrected chi connectivity index (χ0v) is 7.34. The Labute approximate surface area is 77.4 Å². The largest absolute Gasteiger partial charge is 0.293 e. The Morgan fingerprint density at radius 3 is 2.77 bits per heavy atom. The Kier molecular flexibility index (Phi) is 1.88. The summed E-state index contributed by atoms with van der Waals surface area (Å²) in [5.41, 5.74) is 5.62. The van der Waals surface area contributed by atoms with E-state index in [-0.39, 0.29) is 5.78 Å². The van der Waals surface area contributed by atoms with Crippen LogP contribution in [0.25, 0.3) is 5.57 Å². The Hall–Kier alpha value is -1.59. The van der Waals surface area contributed by atoms with Crippen molar-refractivity contribution in [2.24, 2.45) is 0 Å². The number of benzene rings is 1. The van der Waals surface area contributed by atoms with Crippen molar-refractivity contribution >= 4 is 11.4 Å². The van der Waals surface area contributed by atoms with Crippen LogP contribution in [0, 0.1) is 0 Å². The first kappa shape index (κ1) is 8.03. The summed E-state index contributed by atoms with van der Waals surface area (Å²) in [5.74, 6) is 0.161. The number of carbonyl (C=O) groups excluding carboxylic acids is 1. The minimum Gasteiger partial charge on any atom is -0.293 e. The topological polar surface area (TPSA) is 17.1 Å². The first-order valence-electron chi connectivity index (χ1n) is 4.34. The second kappa shape index (κ2) is 3.04. The first-order chi connectivity index (χ1) is 6.33. The van der Waals surface area contributed by atoms with Gasteiger partial charge >= 0.3 is 0 Å². The SMILES string of the molecule is C=C=C1C(=O)CCc2ccccc21. The van der Waals surface area contributed by atoms with E-state index in [1.165, 1.54) is 5.56 Å². The van der Waals surface area contributed by atoms with E-state index in [0.717, 1.165) is 12.0 Å². The average Bonchev–Trinajstić information content (AvgIpc) is 2.18. The highest BCUT2D eigenvalue weighted by Gasteiger charge is 2.19. The van der Waals surface area contributed by atoms with Crippen molar-refractivity contribution in [1.29, 1.82) is 0 Å². The fourth-order valence-electron chi connectivity index (χ4n) is 1.70. The lowest BCUT2D eigenvalue weighted by Crippen LogP contribution is -2.11. The lowest BCUT2D eigenvalue weighted by atomic mass is 9.87. The summed E-state index contributed by atoms with van der Waals surface area (Å²) >= 11 is 0. The second-order valence-electron chi connectivity index (χ2n) is 3.13. The normalized spacial score (nSPS) is 15.1. The standard InChI is InChI=1S/C12H10O/c1-2-10-11-6-4-3-5-9(11)7-8-12(10)13/h3-6H,1,7-8H2. The van der Waals surface area contributed by atoms with Crippen molar-refractivity contribution in [3.63, 3.8) is 0 Å². The van der Waals surface area contributed by atoms with Gasteiger partial charge in [0.1, 0.15) is 0 Å². The van der Waals surface area contributed by atoms with E-state index in [1.807, 2.05) is 18.2 Å². The molecule has 0 saturated carbocycles. The fraction of sp³-hybridized carbons (Fsp3) is 0.167. The molecule has 1 aromatic carbocycles. The number of carbonyl (C=O) groups is 1. The van der Waals surface area contributed by atoms with E-state index in [9.17, 15) is 4.79 Å². The molecule has 0 N–H and O–H groups in total. The molecule has 0 heterocycles. The van der Waals surface area contributed by atoms with Gasteiger partial charge in [0.05, 0.1) is 5.57 Å². The third kappa shape index (κ3) is 1.24. The highest BCUT2D eigenvalue weighted by molar-refractivity contribution is 6.21. The number of rotatable bonds is 0. The maximum atomic E-state index is 11.4. The van der Waals surface area contributed by atoms with E-state index in [1.54, 1.807) is 0 Å². The molecule has 0 fully saturated rings. The van der Waals surface area contributed by atoms with Gasteiger partial charge in [0, 0.05) is 6.42 Å². The fourth-order valence-corrected chi connectivity index (χ4v) is 1.70. The predicted molar refractivity (Wildman–Crippen MR) is 52.3 cm³/mol. The molecule has 1 aliphatic carbocycles. The zero-order valence-electron chi connectivity index (χ0n) is 7.34. The van der Waals surface area contributed by atoms with Crippen LogP contribution in [-0.4, -0.2) is 5.78 Å². The minimum atomic E-state index is 0.161. The summed E-state index contributed by atoms with van der Waals surface area (Å²) in [4.78, 5) is 11.4. The molecule has 0 spiro atoms. The molecule has 0 unspecified atom stereocenters. The van der Waals surface area contributed by atoms with Crippen molar-refractivity contribution in [3.8, 4) is 0 Å². The Bertz CT molecular complexity index is 409. The van der Waals surface area contributed by atoms with Crippen molar-refractivity contribution in [3.05, 3.63) is 47.7 Å². The molecule has 13 heavy (non-hydrogen) atoms. The predicted octanol–water partition coefficient (Wildman–Crippen LogP) is 2.37. The summed E-state index contributed by atoms with van der Waals surface area (Å²) < 4.78 is 0. The van der Waals surface area contributed by atoms with Crippen molar-refractivity contribution in [2.75, 3.05) is 0 Å². The summed E-state index contributed by atoms with van der Waals surface area (Å²) in [7, 11) is 0. The zero-order chi connectivity index (χ0) is 9.26. The molecule has 64 valence electrons. The highest BCUT2D eigenvalue weighted by atomic mass is 16.1. The van der Waals surface area contributed by atoms with E-state index >= 15 is 0 Å². The Balaban J connectivity index is 2.65. The van der Waals surface area contributed by atoms with Gasteiger partial charge in [-0.15, -0.1) is 5.73 Å². The van der Waals surface area contributed by atoms with Gasteiger partial charge in [0.25, 0.3) is 0 Å². The van der Waals surface area contributed by atoms with Gasteiger partial charge in [-0.25, -0.2) is 0 Å². The lowest BCUT2D eigenvalue weighted by molar-refractivity contribution is -0.113. The number of ketones is 1. The maximum Gasteiger partial charge on any atom is 0.171 e. The van der Waals surface area contributed by atoms with Gasteiger partial charge in [-0.1, -0.05) is 30.8 Å². The third-order valence-electron chi connectivity index (χ3n) is 2.36. The smallest absolute Gasteiger partial charge is 0.171 e. The summed E-state index contributed by atoms with van der Waals surface area (Å²) in [6, 6.07) is 7.95. The Morgan fingerprint density at radius 1 is 1.23 bits per heavy atom. The highest BCUT2D eigenvalue weighted by Crippen LogP contribution is 2.26. The van der Waals surface area contributed by atoms with Crippen LogP contribution in [0.5, 0.6) is 0 Å². The van der Waals surface area contributed by atoms with Gasteiger partial charge in [-0.2, -0.15) is 0 Å². The average molecular weight is 170 g/mol. The molecule has 2 rings (SSSR count). The number of hydrogen-bond donors (Lipinski definition) is 0. The van der Waals surface area contributed by atoms with Crippen LogP contribution in [0.3, 0.4) is 0 Å². The Morgan fingerprint density at radius 2 is 2.00 bits per heavy atom. The van der Waals surface area contributed by atoms with Crippen molar-refractivity contribution < 1.29 is 4.79 Å². The molecule has 0 aliphatic heterocycles. The minimum absolute atomic E-state index is 0.161. The van der Waals surface area contributed by atoms with Crippen molar-refractivity contribution in [2.45, 2.75) is 12.8 Å². The third-order valence-corrected chi connectivity index (χ3v) is 2.36. The monoisotopic (exact) mass is 170 g/mol. The van der Waals surface area contributed by atoms with Crippen LogP contribution < -0.4 is 0 Å². The number of fused-ring (bicyclic) bond motifs is 1. The van der Waals surface area contributed by atoms with Crippen molar-refractivity contribution in [1.82, 2.24) is 0 Å². The maximum absolute atomic E-state index is 11.4. The first-order valence-corrected chi connectivity index (χ1v) is 4.34. The quantitative estimate of drug-likeness (QED) is 0.431. The van der Waals surface area contributed by atoms with E-state index in [4.69, 9.17) is 0 Å². The summed E-state index contributed by atoms with van der Waals surface area (Å²) in [6.07, 6.45) is 1.44. The van der Waals surface area contributed by atoms with Gasteiger partial charge < -0.3 is 0 Å². The van der Waals surface area contributed by atoms with Crippen LogP contribution in [0.1, 0.15) is 17.5 Å². The molecular weight excluding hydrogens is 160 g/mol. The van der Waals surface area contributed by atoms with Crippen LogP contribution in [0.4, 0.5) is 0 Å². The van der Waals surface area contributed by atoms with Gasteiger partial charge in [0.2, 0.25) is 0 Å². The molecule has 0 atom stereocenters. The molecule has 1 nitrogen and oxygen atoms in total. The van der Waals surface area contributed by atoms with E-state index < -0.39 is 0 Å². The summed E-state index contributed by atoms with van der Waals surface area (Å²) in [6.45, 7) is 3.55. The molecule has 1 aromatic rings. The number of Topliss-reactive ketones (excluding diaryl/α,β-unsaturated/α-hetero) is 1. The van der Waals surface area contributed by atoms with Gasteiger partial charge in [-0.3, -0.25) is 4.79 Å². The molecular formula is C12H10O. The molecule has 0 saturated heterocycles. The van der Waals surface area contributed by atoms with Crippen LogP contribution >= 0.6 is 0 Å². The second-order valence-corrected chi connectivity index (χ2v) is 3.13. The lowest BCUT2D eigenvalue weighted by Gasteiger charge is -2.15. The number of hydrogen-bond acceptors (Lipinski definition) is 1. The van der Waals surface area contributed by atoms with E-state index in [0.29, 0.717) is 12.0 Å². The van der Waals surface area contributed by atoms with Crippen LogP contribution in [0.15, 0.2) is 36.6 Å². The molecule has 0 aromatic heterocycles. The molecule has 0 radical (unpaired) electrons. The molecule has 0 amide bonds. The summed E-state index contributed by atoms with van der Waals surface area (Å²) in [5, 5.41) is 0. The van der Waals surface area contributed by atoms with Gasteiger partial charge in [0.15, 0.2) is 5.78 Å². The van der Waals surface area contributed by atoms with E-state index in [2.05, 4.69) is 18.4 Å². The van der Waals surface area contributed by atoms with Crippen LogP contribution in [-0.2, 0) is 11.2 Å².